The largest absolute Gasteiger partial charge is 0.366 e. The van der Waals surface area contributed by atoms with E-state index < -0.39 is 6.10 Å². The molecule has 4 heteroatoms. The quantitative estimate of drug-likeness (QED) is 0.859. The topological polar surface area (TPSA) is 50.4 Å². The second-order valence-electron chi connectivity index (χ2n) is 6.09. The summed E-state index contributed by atoms with van der Waals surface area (Å²) in [5.74, 6) is -0.0842. The monoisotopic (exact) mass is 324 g/mol. The molecule has 1 heterocycles. The Hall–Kier alpha value is -2.17. The molecular formula is C20H24N2O2. The number of rotatable bonds is 6. The van der Waals surface area contributed by atoms with Crippen LogP contribution < -0.4 is 10.6 Å². The molecule has 1 atom stereocenters. The Balaban J connectivity index is 1.45. The second kappa shape index (κ2) is 8.62. The summed E-state index contributed by atoms with van der Waals surface area (Å²) in [5, 5.41) is 6.08. The van der Waals surface area contributed by atoms with Crippen LogP contribution in [-0.4, -0.2) is 31.7 Å². The number of nitrogens with one attached hydrogen (secondary N) is 2. The van der Waals surface area contributed by atoms with E-state index >= 15 is 0 Å². The molecule has 1 amide bonds. The molecule has 0 saturated carbocycles. The Bertz CT molecular complexity index is 634. The standard InChI is InChI=1S/C20H24N2O2/c23-20(19-15-21-13-14-24-19)22-18-11-9-17(10-12-18)8-4-7-16-5-2-1-3-6-16/h1-3,5-6,9-12,19,21H,4,7-8,13-15H2,(H,22,23). The number of hydrogen-bond acceptors (Lipinski definition) is 3. The first kappa shape index (κ1) is 16.7. The van der Waals surface area contributed by atoms with Gasteiger partial charge in [-0.2, -0.15) is 0 Å². The predicted molar refractivity (Wildman–Crippen MR) is 96.1 cm³/mol. The number of morpholine rings is 1. The number of carbonyl (C=O) groups is 1. The Morgan fingerprint density at radius 1 is 1.04 bits per heavy atom. The van der Waals surface area contributed by atoms with Crippen LogP contribution in [0.1, 0.15) is 17.5 Å². The van der Waals surface area contributed by atoms with E-state index in [4.69, 9.17) is 4.74 Å². The molecule has 2 aromatic carbocycles. The summed E-state index contributed by atoms with van der Waals surface area (Å²) < 4.78 is 5.46. The van der Waals surface area contributed by atoms with Crippen LogP contribution in [0.3, 0.4) is 0 Å². The third-order valence-corrected chi connectivity index (χ3v) is 4.22. The lowest BCUT2D eigenvalue weighted by Gasteiger charge is -2.22. The Morgan fingerprint density at radius 3 is 2.42 bits per heavy atom. The summed E-state index contributed by atoms with van der Waals surface area (Å²) in [6.07, 6.45) is 2.85. The molecule has 2 aromatic rings. The number of ether oxygens (including phenoxy) is 1. The van der Waals surface area contributed by atoms with E-state index in [9.17, 15) is 4.79 Å². The summed E-state index contributed by atoms with van der Waals surface area (Å²) in [5.41, 5.74) is 3.49. The smallest absolute Gasteiger partial charge is 0.254 e. The highest BCUT2D eigenvalue weighted by Crippen LogP contribution is 2.13. The molecule has 0 spiro atoms. The van der Waals surface area contributed by atoms with E-state index in [0.717, 1.165) is 31.5 Å². The number of benzene rings is 2. The van der Waals surface area contributed by atoms with Crippen LogP contribution in [0.25, 0.3) is 0 Å². The van der Waals surface area contributed by atoms with Gasteiger partial charge in [0.1, 0.15) is 6.10 Å². The van der Waals surface area contributed by atoms with Crippen molar-refractivity contribution in [3.8, 4) is 0 Å². The zero-order valence-electron chi connectivity index (χ0n) is 13.8. The van der Waals surface area contributed by atoms with Crippen LogP contribution in [-0.2, 0) is 22.4 Å². The van der Waals surface area contributed by atoms with Crippen LogP contribution in [0.5, 0.6) is 0 Å². The molecular weight excluding hydrogens is 300 g/mol. The van der Waals surface area contributed by atoms with E-state index in [0.29, 0.717) is 13.2 Å². The zero-order valence-corrected chi connectivity index (χ0v) is 13.8. The minimum atomic E-state index is -0.399. The SMILES string of the molecule is O=C(Nc1ccc(CCCc2ccccc2)cc1)C1CNCCO1. The Kier molecular flexibility index (Phi) is 5.99. The zero-order chi connectivity index (χ0) is 16.6. The van der Waals surface area contributed by atoms with Crippen molar-refractivity contribution < 1.29 is 9.53 Å². The third kappa shape index (κ3) is 4.91. The van der Waals surface area contributed by atoms with Crippen LogP contribution in [0.2, 0.25) is 0 Å². The summed E-state index contributed by atoms with van der Waals surface area (Å²) in [6, 6.07) is 18.6. The van der Waals surface area contributed by atoms with Gasteiger partial charge in [0, 0.05) is 18.8 Å². The molecule has 24 heavy (non-hydrogen) atoms. The number of amides is 1. The molecule has 1 saturated heterocycles. The summed E-state index contributed by atoms with van der Waals surface area (Å²) in [7, 11) is 0. The van der Waals surface area contributed by atoms with E-state index in [1.165, 1.54) is 11.1 Å². The minimum absolute atomic E-state index is 0.0842. The van der Waals surface area contributed by atoms with Gasteiger partial charge in [0.25, 0.3) is 5.91 Å². The molecule has 1 fully saturated rings. The fourth-order valence-corrected chi connectivity index (χ4v) is 2.85. The van der Waals surface area contributed by atoms with Crippen LogP contribution in [0, 0.1) is 0 Å². The van der Waals surface area contributed by atoms with Crippen molar-refractivity contribution in [1.29, 1.82) is 0 Å². The molecule has 3 rings (SSSR count). The molecule has 1 aliphatic rings. The Morgan fingerprint density at radius 2 is 1.75 bits per heavy atom. The number of aryl methyl sites for hydroxylation is 2. The van der Waals surface area contributed by atoms with Crippen LogP contribution in [0.15, 0.2) is 54.6 Å². The first-order valence-electron chi connectivity index (χ1n) is 8.57. The highest BCUT2D eigenvalue weighted by molar-refractivity contribution is 5.94. The molecule has 4 nitrogen and oxygen atoms in total. The van der Waals surface area contributed by atoms with E-state index in [1.54, 1.807) is 0 Å². The maximum Gasteiger partial charge on any atom is 0.254 e. The van der Waals surface area contributed by atoms with Gasteiger partial charge in [-0.05, 0) is 42.5 Å². The lowest BCUT2D eigenvalue weighted by Crippen LogP contribution is -2.45. The molecule has 0 bridgehead atoms. The van der Waals surface area contributed by atoms with E-state index in [1.807, 2.05) is 18.2 Å². The van der Waals surface area contributed by atoms with Crippen LogP contribution >= 0.6 is 0 Å². The average molecular weight is 324 g/mol. The molecule has 1 aliphatic heterocycles. The Labute approximate surface area is 143 Å². The van der Waals surface area contributed by atoms with E-state index in [-0.39, 0.29) is 5.91 Å². The number of anilines is 1. The summed E-state index contributed by atoms with van der Waals surface area (Å²) in [4.78, 5) is 12.1. The van der Waals surface area contributed by atoms with Gasteiger partial charge >= 0.3 is 0 Å². The fourth-order valence-electron chi connectivity index (χ4n) is 2.85. The average Bonchev–Trinajstić information content (AvgIpc) is 2.65. The molecule has 126 valence electrons. The fraction of sp³-hybridized carbons (Fsp3) is 0.350. The van der Waals surface area contributed by atoms with Gasteiger partial charge in [0.15, 0.2) is 0 Å². The van der Waals surface area contributed by atoms with Crippen molar-refractivity contribution in [2.24, 2.45) is 0 Å². The molecule has 0 aliphatic carbocycles. The third-order valence-electron chi connectivity index (χ3n) is 4.22. The van der Waals surface area contributed by atoms with E-state index in [2.05, 4.69) is 47.0 Å². The summed E-state index contributed by atoms with van der Waals surface area (Å²) in [6.45, 7) is 1.96. The van der Waals surface area contributed by atoms with Crippen molar-refractivity contribution in [2.75, 3.05) is 25.0 Å². The van der Waals surface area contributed by atoms with Gasteiger partial charge in [-0.25, -0.2) is 0 Å². The van der Waals surface area contributed by atoms with Gasteiger partial charge in [-0.15, -0.1) is 0 Å². The number of carbonyl (C=O) groups excluding carboxylic acids is 1. The van der Waals surface area contributed by atoms with Gasteiger partial charge in [-0.3, -0.25) is 4.79 Å². The number of hydrogen-bond donors (Lipinski definition) is 2. The molecule has 0 radical (unpaired) electrons. The van der Waals surface area contributed by atoms with Gasteiger partial charge in [0.2, 0.25) is 0 Å². The maximum absolute atomic E-state index is 12.1. The molecule has 1 unspecified atom stereocenters. The summed E-state index contributed by atoms with van der Waals surface area (Å²) >= 11 is 0. The maximum atomic E-state index is 12.1. The lowest BCUT2D eigenvalue weighted by atomic mass is 10.0. The van der Waals surface area contributed by atoms with Crippen molar-refractivity contribution in [3.05, 3.63) is 65.7 Å². The van der Waals surface area contributed by atoms with Crippen molar-refractivity contribution in [3.63, 3.8) is 0 Å². The normalized spacial score (nSPS) is 17.4. The second-order valence-corrected chi connectivity index (χ2v) is 6.09. The van der Waals surface area contributed by atoms with Gasteiger partial charge in [0.05, 0.1) is 6.61 Å². The molecule has 2 N–H and O–H groups in total. The van der Waals surface area contributed by atoms with Gasteiger partial charge < -0.3 is 15.4 Å². The van der Waals surface area contributed by atoms with Crippen LogP contribution in [0.4, 0.5) is 5.69 Å². The highest BCUT2D eigenvalue weighted by Gasteiger charge is 2.21. The van der Waals surface area contributed by atoms with Gasteiger partial charge in [-0.1, -0.05) is 42.5 Å². The first-order valence-corrected chi connectivity index (χ1v) is 8.57. The predicted octanol–water partition coefficient (Wildman–Crippen LogP) is 2.79. The highest BCUT2D eigenvalue weighted by atomic mass is 16.5. The van der Waals surface area contributed by atoms with Crippen molar-refractivity contribution in [1.82, 2.24) is 5.32 Å². The first-order chi connectivity index (χ1) is 11.8. The lowest BCUT2D eigenvalue weighted by molar-refractivity contribution is -0.128. The minimum Gasteiger partial charge on any atom is -0.366 e. The van der Waals surface area contributed by atoms with Crippen molar-refractivity contribution >= 4 is 11.6 Å². The molecule has 0 aromatic heterocycles. The van der Waals surface area contributed by atoms with Crippen molar-refractivity contribution in [2.45, 2.75) is 25.4 Å².